The number of ketones is 1. The van der Waals surface area contributed by atoms with Gasteiger partial charge in [-0.25, -0.2) is 0 Å². The molecule has 31 heavy (non-hydrogen) atoms. The number of anilines is 1. The van der Waals surface area contributed by atoms with E-state index in [2.05, 4.69) is 0 Å². The Labute approximate surface area is 185 Å². The maximum atomic E-state index is 13.1. The molecule has 1 aliphatic rings. The first-order valence-electron chi connectivity index (χ1n) is 9.86. The largest absolute Gasteiger partial charge is 0.507 e. The summed E-state index contributed by atoms with van der Waals surface area (Å²) in [6.07, 6.45) is 0. The number of amides is 1. The van der Waals surface area contributed by atoms with E-state index in [0.29, 0.717) is 34.2 Å². The number of carbonyl (C=O) groups excluding carboxylic acids is 2. The second-order valence-corrected chi connectivity index (χ2v) is 7.45. The first-order valence-corrected chi connectivity index (χ1v) is 10.2. The van der Waals surface area contributed by atoms with Gasteiger partial charge in [-0.3, -0.25) is 14.5 Å². The Bertz CT molecular complexity index is 1160. The van der Waals surface area contributed by atoms with Gasteiger partial charge < -0.3 is 9.84 Å². The summed E-state index contributed by atoms with van der Waals surface area (Å²) in [5.41, 5.74) is 1.63. The third kappa shape index (κ3) is 3.92. The predicted molar refractivity (Wildman–Crippen MR) is 120 cm³/mol. The summed E-state index contributed by atoms with van der Waals surface area (Å²) in [5.74, 6) is -1.02. The van der Waals surface area contributed by atoms with Crippen molar-refractivity contribution >= 4 is 34.7 Å². The van der Waals surface area contributed by atoms with E-state index in [-0.39, 0.29) is 11.3 Å². The molecule has 0 bridgehead atoms. The number of Topliss-reactive ketones (excluding diaryl/α,β-unsaturated/α-hetero) is 1. The monoisotopic (exact) mass is 433 g/mol. The molecule has 5 nitrogen and oxygen atoms in total. The summed E-state index contributed by atoms with van der Waals surface area (Å²) in [6.45, 7) is 2.41. The molecule has 1 heterocycles. The molecule has 3 aromatic carbocycles. The molecule has 1 amide bonds. The van der Waals surface area contributed by atoms with Gasteiger partial charge in [-0.05, 0) is 42.8 Å². The standard InChI is InChI=1S/C25H20ClNO4/c1-2-31-20-13-11-16(12-14-20)22-21(23(28)17-7-4-3-5-8-17)24(29)25(30)27(22)19-10-6-9-18(26)15-19/h3-15,22,28H,2H2,1H3/t22-/m0/s1. The van der Waals surface area contributed by atoms with E-state index in [1.807, 2.05) is 13.0 Å². The summed E-state index contributed by atoms with van der Waals surface area (Å²) in [6, 6.07) is 21.8. The highest BCUT2D eigenvalue weighted by molar-refractivity contribution is 6.51. The van der Waals surface area contributed by atoms with Crippen LogP contribution in [0.4, 0.5) is 5.69 Å². The van der Waals surface area contributed by atoms with Crippen molar-refractivity contribution in [2.24, 2.45) is 0 Å². The molecule has 1 atom stereocenters. The van der Waals surface area contributed by atoms with Crippen molar-refractivity contribution in [2.75, 3.05) is 11.5 Å². The number of aliphatic hydroxyl groups is 1. The summed E-state index contributed by atoms with van der Waals surface area (Å²) < 4.78 is 5.51. The maximum Gasteiger partial charge on any atom is 0.300 e. The van der Waals surface area contributed by atoms with Crippen LogP contribution in [0.1, 0.15) is 24.1 Å². The lowest BCUT2D eigenvalue weighted by molar-refractivity contribution is -0.132. The number of ether oxygens (including phenoxy) is 1. The summed E-state index contributed by atoms with van der Waals surface area (Å²) in [5, 5.41) is 11.5. The van der Waals surface area contributed by atoms with Crippen LogP contribution in [-0.2, 0) is 9.59 Å². The zero-order chi connectivity index (χ0) is 22.0. The first kappa shape index (κ1) is 20.7. The van der Waals surface area contributed by atoms with Crippen LogP contribution in [0.3, 0.4) is 0 Å². The fraction of sp³-hybridized carbons (Fsp3) is 0.120. The van der Waals surface area contributed by atoms with Crippen molar-refractivity contribution in [1.82, 2.24) is 0 Å². The number of benzene rings is 3. The smallest absolute Gasteiger partial charge is 0.300 e. The molecule has 1 N–H and O–H groups in total. The number of rotatable bonds is 5. The Morgan fingerprint density at radius 1 is 1.00 bits per heavy atom. The highest BCUT2D eigenvalue weighted by Gasteiger charge is 2.47. The number of carbonyl (C=O) groups is 2. The summed E-state index contributed by atoms with van der Waals surface area (Å²) in [7, 11) is 0. The third-order valence-corrected chi connectivity index (χ3v) is 5.32. The SMILES string of the molecule is CCOc1ccc([C@H]2C(=C(O)c3ccccc3)C(=O)C(=O)N2c2cccc(Cl)c2)cc1. The van der Waals surface area contributed by atoms with Gasteiger partial charge in [0.05, 0.1) is 18.2 Å². The van der Waals surface area contributed by atoms with Gasteiger partial charge in [0.15, 0.2) is 0 Å². The average molecular weight is 434 g/mol. The molecular formula is C25H20ClNO4. The fourth-order valence-corrected chi connectivity index (χ4v) is 3.89. The van der Waals surface area contributed by atoms with Gasteiger partial charge in [-0.1, -0.05) is 60.1 Å². The normalized spacial score (nSPS) is 17.7. The first-order chi connectivity index (χ1) is 15.0. The lowest BCUT2D eigenvalue weighted by Gasteiger charge is -2.25. The maximum absolute atomic E-state index is 13.1. The van der Waals surface area contributed by atoms with Crippen LogP contribution < -0.4 is 9.64 Å². The summed E-state index contributed by atoms with van der Waals surface area (Å²) in [4.78, 5) is 27.5. The van der Waals surface area contributed by atoms with Crippen molar-refractivity contribution < 1.29 is 19.4 Å². The molecule has 0 aliphatic carbocycles. The van der Waals surface area contributed by atoms with E-state index in [1.54, 1.807) is 72.8 Å². The van der Waals surface area contributed by atoms with E-state index in [4.69, 9.17) is 16.3 Å². The van der Waals surface area contributed by atoms with Crippen LogP contribution >= 0.6 is 11.6 Å². The lowest BCUT2D eigenvalue weighted by Crippen LogP contribution is -2.29. The van der Waals surface area contributed by atoms with Crippen LogP contribution in [0.25, 0.3) is 5.76 Å². The van der Waals surface area contributed by atoms with Gasteiger partial charge in [0.2, 0.25) is 0 Å². The van der Waals surface area contributed by atoms with E-state index in [0.717, 1.165) is 0 Å². The van der Waals surface area contributed by atoms with Gasteiger partial charge in [0.1, 0.15) is 11.5 Å². The van der Waals surface area contributed by atoms with Crippen molar-refractivity contribution in [3.05, 3.63) is 101 Å². The van der Waals surface area contributed by atoms with E-state index in [1.165, 1.54) is 4.90 Å². The molecule has 0 spiro atoms. The number of nitrogens with zero attached hydrogens (tertiary/aromatic N) is 1. The Hall–Kier alpha value is -3.57. The van der Waals surface area contributed by atoms with Crippen LogP contribution in [0.2, 0.25) is 5.02 Å². The van der Waals surface area contributed by atoms with Crippen molar-refractivity contribution in [2.45, 2.75) is 13.0 Å². The predicted octanol–water partition coefficient (Wildman–Crippen LogP) is 5.37. The van der Waals surface area contributed by atoms with Crippen LogP contribution in [0.15, 0.2) is 84.4 Å². The Morgan fingerprint density at radius 2 is 1.71 bits per heavy atom. The molecular weight excluding hydrogens is 414 g/mol. The van der Waals surface area contributed by atoms with E-state index < -0.39 is 17.7 Å². The average Bonchev–Trinajstić information content (AvgIpc) is 3.05. The van der Waals surface area contributed by atoms with Gasteiger partial charge in [0.25, 0.3) is 11.7 Å². The number of halogens is 1. The quantitative estimate of drug-likeness (QED) is 0.334. The highest BCUT2D eigenvalue weighted by atomic mass is 35.5. The zero-order valence-electron chi connectivity index (χ0n) is 16.8. The van der Waals surface area contributed by atoms with Gasteiger partial charge in [-0.15, -0.1) is 0 Å². The molecule has 1 aliphatic heterocycles. The minimum Gasteiger partial charge on any atom is -0.507 e. The second-order valence-electron chi connectivity index (χ2n) is 7.02. The van der Waals surface area contributed by atoms with Gasteiger partial charge >= 0.3 is 0 Å². The second kappa shape index (κ2) is 8.66. The van der Waals surface area contributed by atoms with Gasteiger partial charge in [0, 0.05) is 16.3 Å². The topological polar surface area (TPSA) is 66.8 Å². The zero-order valence-corrected chi connectivity index (χ0v) is 17.5. The fourth-order valence-electron chi connectivity index (χ4n) is 3.70. The number of hydrogen-bond acceptors (Lipinski definition) is 4. The molecule has 156 valence electrons. The molecule has 3 aromatic rings. The van der Waals surface area contributed by atoms with Crippen molar-refractivity contribution in [3.8, 4) is 5.75 Å². The molecule has 0 aromatic heterocycles. The van der Waals surface area contributed by atoms with E-state index in [9.17, 15) is 14.7 Å². The molecule has 4 rings (SSSR count). The third-order valence-electron chi connectivity index (χ3n) is 5.08. The van der Waals surface area contributed by atoms with Crippen molar-refractivity contribution in [1.29, 1.82) is 0 Å². The molecule has 0 saturated carbocycles. The minimum atomic E-state index is -0.811. The molecule has 6 heteroatoms. The van der Waals surface area contributed by atoms with Crippen LogP contribution in [-0.4, -0.2) is 23.4 Å². The lowest BCUT2D eigenvalue weighted by atomic mass is 9.95. The van der Waals surface area contributed by atoms with Crippen molar-refractivity contribution in [3.63, 3.8) is 0 Å². The molecule has 0 radical (unpaired) electrons. The minimum absolute atomic E-state index is 0.0281. The van der Waals surface area contributed by atoms with E-state index >= 15 is 0 Å². The number of aliphatic hydroxyl groups excluding tert-OH is 1. The highest BCUT2D eigenvalue weighted by Crippen LogP contribution is 2.42. The number of hydrogen-bond donors (Lipinski definition) is 1. The molecule has 0 unspecified atom stereocenters. The molecule has 1 saturated heterocycles. The van der Waals surface area contributed by atoms with Crippen LogP contribution in [0, 0.1) is 0 Å². The Balaban J connectivity index is 1.91. The summed E-state index contributed by atoms with van der Waals surface area (Å²) >= 11 is 6.15. The molecule has 1 fully saturated rings. The Morgan fingerprint density at radius 3 is 2.35 bits per heavy atom. The Kier molecular flexibility index (Phi) is 5.78. The van der Waals surface area contributed by atoms with Gasteiger partial charge in [-0.2, -0.15) is 0 Å². The van der Waals surface area contributed by atoms with Crippen LogP contribution in [0.5, 0.6) is 5.75 Å².